The summed E-state index contributed by atoms with van der Waals surface area (Å²) in [5, 5.41) is 30.4. The molecule has 2 fully saturated rings. The number of aliphatic hydroxyl groups is 1. The number of rotatable bonds is 17. The minimum absolute atomic E-state index is 0.00257. The van der Waals surface area contributed by atoms with Gasteiger partial charge >= 0.3 is 5.97 Å². The Morgan fingerprint density at radius 3 is 2.36 bits per heavy atom. The largest absolute Gasteiger partial charge is 0.506 e. The smallest absolute Gasteiger partial charge is 0.349 e. The first-order chi connectivity index (χ1) is 27.7. The minimum Gasteiger partial charge on any atom is -0.506 e. The zero-order valence-electron chi connectivity index (χ0n) is 34.3. The van der Waals surface area contributed by atoms with Gasteiger partial charge in [-0.1, -0.05) is 51.1 Å². The molecule has 2 aliphatic rings. The molecule has 310 valence electrons. The van der Waals surface area contributed by atoms with E-state index in [0.717, 1.165) is 54.5 Å². The van der Waals surface area contributed by atoms with Crippen LogP contribution < -0.4 is 15.6 Å². The number of carbonyl (C=O) groups excluding carboxylic acids is 1. The lowest BCUT2D eigenvalue weighted by molar-refractivity contribution is -0.170. The van der Waals surface area contributed by atoms with Gasteiger partial charge in [-0.05, 0) is 115 Å². The Bertz CT molecular complexity index is 2170. The molecule has 3 aromatic heterocycles. The normalized spacial score (nSPS) is 20.2. The molecule has 0 radical (unpaired) electrons. The van der Waals surface area contributed by atoms with Crippen LogP contribution >= 0.6 is 22.7 Å². The molecular formula is C45H57N3O7S2Si. The van der Waals surface area contributed by atoms with Gasteiger partial charge in [0.05, 0.1) is 28.0 Å². The number of H-pyrrole nitrogens is 1. The molecule has 5 aromatic rings. The molecule has 2 bridgehead atoms. The van der Waals surface area contributed by atoms with Gasteiger partial charge in [-0.25, -0.2) is 4.79 Å². The van der Waals surface area contributed by atoms with E-state index in [2.05, 4.69) is 68.2 Å². The van der Waals surface area contributed by atoms with E-state index in [4.69, 9.17) is 13.9 Å². The fourth-order valence-electron chi connectivity index (χ4n) is 8.43. The number of esters is 1. The van der Waals surface area contributed by atoms with Gasteiger partial charge in [-0.15, -0.1) is 22.7 Å². The molecule has 2 saturated carbocycles. The van der Waals surface area contributed by atoms with Gasteiger partial charge in [0.25, 0.3) is 0 Å². The first-order valence-corrected chi connectivity index (χ1v) is 25.0. The number of ether oxygens (including phenoxy) is 2. The summed E-state index contributed by atoms with van der Waals surface area (Å²) in [4.78, 5) is 32.2. The number of nitrogens with one attached hydrogen (secondary N) is 2. The van der Waals surface area contributed by atoms with Gasteiger partial charge in [0, 0.05) is 43.0 Å². The number of fused-ring (bicyclic) bond motifs is 3. The summed E-state index contributed by atoms with van der Waals surface area (Å²) in [5.74, 6) is 0.842. The number of hydrogen-bond donors (Lipinski definition) is 4. The fourth-order valence-corrected chi connectivity index (χ4v) is 11.4. The van der Waals surface area contributed by atoms with Crippen LogP contribution in [0.25, 0.3) is 10.9 Å². The molecule has 13 heteroatoms. The molecule has 2 aromatic carbocycles. The molecule has 10 nitrogen and oxygen atoms in total. The van der Waals surface area contributed by atoms with Crippen LogP contribution in [0.2, 0.25) is 18.1 Å². The first kappa shape index (κ1) is 42.3. The third-order valence-corrected chi connectivity index (χ3v) is 19.1. The third kappa shape index (κ3) is 8.86. The third-order valence-electron chi connectivity index (χ3n) is 12.7. The van der Waals surface area contributed by atoms with Crippen molar-refractivity contribution in [1.29, 1.82) is 0 Å². The molecule has 0 unspecified atom stereocenters. The van der Waals surface area contributed by atoms with E-state index in [1.807, 2.05) is 41.1 Å². The van der Waals surface area contributed by atoms with Crippen molar-refractivity contribution in [2.75, 3.05) is 26.7 Å². The van der Waals surface area contributed by atoms with Crippen LogP contribution in [0.5, 0.6) is 11.5 Å². The molecule has 58 heavy (non-hydrogen) atoms. The summed E-state index contributed by atoms with van der Waals surface area (Å²) in [6, 6.07) is 22.6. The molecule has 7 rings (SSSR count). The number of benzene rings is 2. The fraction of sp³-hybridized carbons (Fsp3) is 0.467. The Labute approximate surface area is 350 Å². The summed E-state index contributed by atoms with van der Waals surface area (Å²) in [6.45, 7) is 13.8. The van der Waals surface area contributed by atoms with Crippen LogP contribution in [0.1, 0.15) is 73.4 Å². The maximum Gasteiger partial charge on any atom is 0.349 e. The number of hydrogen-bond acceptors (Lipinski definition) is 11. The zero-order chi connectivity index (χ0) is 41.2. The first-order valence-electron chi connectivity index (χ1n) is 20.3. The molecule has 0 aliphatic heterocycles. The maximum absolute atomic E-state index is 13.7. The second-order valence-electron chi connectivity index (χ2n) is 17.4. The number of nitrogens with zero attached hydrogens (tertiary/aromatic N) is 1. The highest BCUT2D eigenvalue weighted by molar-refractivity contribution is 7.12. The van der Waals surface area contributed by atoms with Crippen molar-refractivity contribution in [3.8, 4) is 11.5 Å². The summed E-state index contributed by atoms with van der Waals surface area (Å²) in [7, 11) is -0.0276. The lowest BCUT2D eigenvalue weighted by Gasteiger charge is -2.39. The zero-order valence-corrected chi connectivity index (χ0v) is 37.0. The molecule has 2 aliphatic carbocycles. The van der Waals surface area contributed by atoms with Crippen molar-refractivity contribution >= 4 is 47.9 Å². The monoisotopic (exact) mass is 843 g/mol. The molecule has 5 atom stereocenters. The van der Waals surface area contributed by atoms with Crippen LogP contribution in [-0.4, -0.2) is 73.3 Å². The number of aromatic amines is 1. The van der Waals surface area contributed by atoms with Crippen molar-refractivity contribution in [2.24, 2.45) is 11.8 Å². The van der Waals surface area contributed by atoms with E-state index in [-0.39, 0.29) is 34.5 Å². The van der Waals surface area contributed by atoms with Gasteiger partial charge < -0.3 is 39.3 Å². The molecular weight excluding hydrogens is 787 g/mol. The second-order valence-corrected chi connectivity index (χ2v) is 24.1. The van der Waals surface area contributed by atoms with E-state index >= 15 is 0 Å². The lowest BCUT2D eigenvalue weighted by atomic mass is 9.94. The standard InChI is InChI=1S/C45H57N3O7S2Si/c1-44(2,3)58(5,6)55-37(32-18-20-36(49)41-33(32)19-21-40(50)47-41)28-46-27-29-12-15-31(16-13-29)53-23-9-22-48(4)35-26-30-14-17-34(35)42(30)54-43(51)45(52,38-10-7-24-56-38)39-11-8-25-57-39/h7-8,10-13,15-16,18-21,24-25,30,34-35,37,42,46,49,52H,9,14,17,22-23,26-28H2,1-6H3,(H,47,50)/t30-,34+,35+,37+,42-/m1/s1. The number of phenols is 1. The van der Waals surface area contributed by atoms with E-state index in [1.165, 1.54) is 28.7 Å². The highest BCUT2D eigenvalue weighted by Gasteiger charge is 2.54. The second kappa shape index (κ2) is 17.4. The van der Waals surface area contributed by atoms with Gasteiger partial charge in [0.2, 0.25) is 11.2 Å². The minimum atomic E-state index is -2.19. The topological polar surface area (TPSA) is 133 Å². The number of phenolic OH excluding ortho intramolecular Hbond substituents is 1. The van der Waals surface area contributed by atoms with Crippen LogP contribution in [-0.2, 0) is 26.1 Å². The number of aromatic hydroxyl groups is 1. The number of thiophene rings is 2. The maximum atomic E-state index is 13.7. The van der Waals surface area contributed by atoms with Crippen molar-refractivity contribution in [3.63, 3.8) is 0 Å². The molecule has 0 amide bonds. The summed E-state index contributed by atoms with van der Waals surface area (Å²) < 4.78 is 19.4. The van der Waals surface area contributed by atoms with E-state index in [0.29, 0.717) is 46.9 Å². The average Bonchev–Trinajstić information content (AvgIpc) is 4.04. The van der Waals surface area contributed by atoms with Crippen molar-refractivity contribution in [3.05, 3.63) is 115 Å². The number of carbonyl (C=O) groups is 1. The number of pyridine rings is 1. The van der Waals surface area contributed by atoms with Crippen LogP contribution in [0.3, 0.4) is 0 Å². The van der Waals surface area contributed by atoms with Gasteiger partial charge in [-0.3, -0.25) is 4.79 Å². The van der Waals surface area contributed by atoms with Crippen LogP contribution in [0.4, 0.5) is 0 Å². The molecule has 3 heterocycles. The Morgan fingerprint density at radius 2 is 1.71 bits per heavy atom. The van der Waals surface area contributed by atoms with E-state index in [9.17, 15) is 19.8 Å². The highest BCUT2D eigenvalue weighted by Crippen LogP contribution is 2.50. The predicted octanol–water partition coefficient (Wildman–Crippen LogP) is 8.56. The SMILES string of the molecule is CN(CCCOc1ccc(CNC[C@H](O[Si](C)(C)C(C)(C)C)c2ccc(O)c3[nH]c(=O)ccc23)cc1)[C@H]1C[C@H]2CC[C@@H]1[C@@H]2OC(=O)C(O)(c1cccs1)c1cccs1. The van der Waals surface area contributed by atoms with Crippen LogP contribution in [0.15, 0.2) is 88.4 Å². The van der Waals surface area contributed by atoms with E-state index < -0.39 is 19.9 Å². The average molecular weight is 844 g/mol. The van der Waals surface area contributed by atoms with Crippen LogP contribution in [0, 0.1) is 11.8 Å². The van der Waals surface area contributed by atoms with Gasteiger partial charge in [0.15, 0.2) is 8.32 Å². The van der Waals surface area contributed by atoms with Crippen molar-refractivity contribution in [1.82, 2.24) is 15.2 Å². The Morgan fingerprint density at radius 1 is 1.00 bits per heavy atom. The summed E-state index contributed by atoms with van der Waals surface area (Å²) >= 11 is 2.74. The molecule has 4 N–H and O–H groups in total. The summed E-state index contributed by atoms with van der Waals surface area (Å²) in [6.07, 6.45) is 3.44. The van der Waals surface area contributed by atoms with Crippen molar-refractivity contribution < 1.29 is 28.9 Å². The van der Waals surface area contributed by atoms with Crippen molar-refractivity contribution in [2.45, 2.75) is 95.0 Å². The Hall–Kier alpha value is -3.82. The predicted molar refractivity (Wildman–Crippen MR) is 234 cm³/mol. The Balaban J connectivity index is 0.894. The highest BCUT2D eigenvalue weighted by atomic mass is 32.1. The quantitative estimate of drug-likeness (QED) is 0.0413. The number of aromatic nitrogens is 1. The Kier molecular flexibility index (Phi) is 12.7. The van der Waals surface area contributed by atoms with E-state index in [1.54, 1.807) is 24.3 Å². The molecule has 0 saturated heterocycles. The van der Waals surface area contributed by atoms with Gasteiger partial charge in [0.1, 0.15) is 17.6 Å². The summed E-state index contributed by atoms with van der Waals surface area (Å²) in [5.41, 5.74) is 0.417. The lowest BCUT2D eigenvalue weighted by Crippen LogP contribution is -2.43. The molecule has 0 spiro atoms. The van der Waals surface area contributed by atoms with Gasteiger partial charge in [-0.2, -0.15) is 0 Å².